The second-order valence-corrected chi connectivity index (χ2v) is 9.31. The van der Waals surface area contributed by atoms with Crippen molar-refractivity contribution in [1.82, 2.24) is 4.72 Å². The molecule has 178 valence electrons. The summed E-state index contributed by atoms with van der Waals surface area (Å²) < 4.78 is 31.8. The van der Waals surface area contributed by atoms with Gasteiger partial charge in [-0.2, -0.15) is 4.72 Å². The summed E-state index contributed by atoms with van der Waals surface area (Å²) in [6.07, 6.45) is -1.50. The summed E-state index contributed by atoms with van der Waals surface area (Å²) in [6, 6.07) is 6.08. The summed E-state index contributed by atoms with van der Waals surface area (Å²) in [5.74, 6) is -2.10. The highest BCUT2D eigenvalue weighted by Crippen LogP contribution is 2.27. The predicted octanol–water partition coefficient (Wildman–Crippen LogP) is 2.07. The number of aliphatic hydroxyl groups is 1. The average molecular weight is 500 g/mol. The van der Waals surface area contributed by atoms with Crippen LogP contribution in [0.15, 0.2) is 41.3 Å². The predicted molar refractivity (Wildman–Crippen MR) is 119 cm³/mol. The van der Waals surface area contributed by atoms with Crippen molar-refractivity contribution in [1.29, 1.82) is 0 Å². The first-order valence-electron chi connectivity index (χ1n) is 9.50. The molecular weight excluding hydrogens is 478 g/mol. The van der Waals surface area contributed by atoms with Crippen LogP contribution in [0, 0.1) is 24.0 Å². The molecule has 0 fully saturated rings. The molecule has 2 aromatic carbocycles. The van der Waals surface area contributed by atoms with Gasteiger partial charge in [0.2, 0.25) is 10.0 Å². The number of carbonyl (C=O) groups excluding carboxylic acids is 2. The van der Waals surface area contributed by atoms with E-state index in [0.29, 0.717) is 16.1 Å². The van der Waals surface area contributed by atoms with E-state index in [9.17, 15) is 33.2 Å². The van der Waals surface area contributed by atoms with Crippen LogP contribution in [0.25, 0.3) is 0 Å². The van der Waals surface area contributed by atoms with Gasteiger partial charge in [0.1, 0.15) is 11.7 Å². The minimum absolute atomic E-state index is 0.0836. The van der Waals surface area contributed by atoms with Crippen LogP contribution in [0.4, 0.5) is 11.4 Å². The fraction of sp³-hybridized carbons (Fsp3) is 0.300. The lowest BCUT2D eigenvalue weighted by atomic mass is 10.1. The lowest BCUT2D eigenvalue weighted by Crippen LogP contribution is -2.48. The number of nitrogens with zero attached hydrogens (tertiary/aromatic N) is 1. The summed E-state index contributed by atoms with van der Waals surface area (Å²) in [7, 11) is -4.22. The molecule has 2 atom stereocenters. The number of ether oxygens (including phenoxy) is 1. The number of rotatable bonds is 9. The minimum Gasteiger partial charge on any atom is -0.454 e. The zero-order chi connectivity index (χ0) is 24.9. The summed E-state index contributed by atoms with van der Waals surface area (Å²) in [6.45, 7) is 3.68. The molecule has 2 aromatic rings. The molecule has 0 heterocycles. The van der Waals surface area contributed by atoms with Crippen LogP contribution in [-0.2, 0) is 24.3 Å². The number of amides is 1. The highest BCUT2D eigenvalue weighted by atomic mass is 35.5. The first-order valence-corrected chi connectivity index (χ1v) is 11.4. The Morgan fingerprint density at radius 3 is 2.30 bits per heavy atom. The first kappa shape index (κ1) is 26.2. The maximum absolute atomic E-state index is 12.5. The second kappa shape index (κ2) is 10.7. The largest absolute Gasteiger partial charge is 0.454 e. The fourth-order valence-electron chi connectivity index (χ4n) is 2.66. The number of hydrogen-bond acceptors (Lipinski definition) is 8. The second-order valence-electron chi connectivity index (χ2n) is 7.16. The average Bonchev–Trinajstić information content (AvgIpc) is 2.72. The van der Waals surface area contributed by atoms with E-state index in [0.717, 1.165) is 6.92 Å². The number of nitrogens with one attached hydrogen (secondary N) is 2. The fourth-order valence-corrected chi connectivity index (χ4v) is 4.04. The SMILES string of the molecule is Cc1cc(NC(=O)COC(=O)[C@H](NS(=O)(=O)c2ccc(Cl)cc2)[C@@H](C)O)c([N+](=O)[O-])cc1C. The van der Waals surface area contributed by atoms with E-state index in [-0.39, 0.29) is 16.3 Å². The molecule has 0 saturated carbocycles. The third-order valence-corrected chi connectivity index (χ3v) is 6.28. The van der Waals surface area contributed by atoms with Crippen LogP contribution >= 0.6 is 11.6 Å². The van der Waals surface area contributed by atoms with Gasteiger partial charge in [-0.05, 0) is 62.2 Å². The molecule has 1 amide bonds. The van der Waals surface area contributed by atoms with Crippen LogP contribution < -0.4 is 10.0 Å². The standard InChI is InChI=1S/C20H22ClN3O8S/c1-11-8-16(17(24(28)29)9-12(11)2)22-18(26)10-32-20(27)19(13(3)25)23-33(30,31)15-6-4-14(21)5-7-15/h4-9,13,19,23,25H,10H2,1-3H3,(H,22,26)/t13-,19-/m1/s1. The van der Waals surface area contributed by atoms with E-state index >= 15 is 0 Å². The molecular formula is C20H22ClN3O8S. The molecule has 0 unspecified atom stereocenters. The number of carbonyl (C=O) groups is 2. The molecule has 3 N–H and O–H groups in total. The van der Waals surface area contributed by atoms with Crippen molar-refractivity contribution in [3.8, 4) is 0 Å². The zero-order valence-corrected chi connectivity index (χ0v) is 19.4. The van der Waals surface area contributed by atoms with Gasteiger partial charge in [-0.25, -0.2) is 8.42 Å². The number of nitro groups is 1. The van der Waals surface area contributed by atoms with Crippen LogP contribution in [0.5, 0.6) is 0 Å². The number of sulfonamides is 1. The molecule has 11 nitrogen and oxygen atoms in total. The van der Waals surface area contributed by atoms with Crippen molar-refractivity contribution in [2.75, 3.05) is 11.9 Å². The van der Waals surface area contributed by atoms with Gasteiger partial charge in [0.05, 0.1) is 15.9 Å². The lowest BCUT2D eigenvalue weighted by molar-refractivity contribution is -0.384. The van der Waals surface area contributed by atoms with Crippen LogP contribution in [0.2, 0.25) is 5.02 Å². The molecule has 33 heavy (non-hydrogen) atoms. The maximum Gasteiger partial charge on any atom is 0.327 e. The van der Waals surface area contributed by atoms with Crippen molar-refractivity contribution in [3.63, 3.8) is 0 Å². The number of aliphatic hydroxyl groups excluding tert-OH is 1. The Hall–Kier alpha value is -3.06. The van der Waals surface area contributed by atoms with Gasteiger partial charge in [-0.3, -0.25) is 19.7 Å². The zero-order valence-electron chi connectivity index (χ0n) is 17.9. The summed E-state index contributed by atoms with van der Waals surface area (Å²) in [4.78, 5) is 34.9. The van der Waals surface area contributed by atoms with E-state index in [1.165, 1.54) is 36.4 Å². The Balaban J connectivity index is 2.08. The van der Waals surface area contributed by atoms with Crippen LogP contribution in [0.3, 0.4) is 0 Å². The quantitative estimate of drug-likeness (QED) is 0.268. The van der Waals surface area contributed by atoms with Gasteiger partial charge in [-0.1, -0.05) is 11.6 Å². The highest BCUT2D eigenvalue weighted by molar-refractivity contribution is 7.89. The van der Waals surface area contributed by atoms with Crippen molar-refractivity contribution >= 4 is 44.9 Å². The van der Waals surface area contributed by atoms with Crippen molar-refractivity contribution in [2.24, 2.45) is 0 Å². The number of hydrogen-bond donors (Lipinski definition) is 3. The number of nitro benzene ring substituents is 1. The Labute approximate surface area is 194 Å². The number of esters is 1. The normalized spacial score (nSPS) is 13.1. The van der Waals surface area contributed by atoms with Crippen molar-refractivity contribution < 1.29 is 32.8 Å². The highest BCUT2D eigenvalue weighted by Gasteiger charge is 2.31. The molecule has 0 saturated heterocycles. The van der Waals surface area contributed by atoms with E-state index < -0.39 is 45.6 Å². The van der Waals surface area contributed by atoms with Gasteiger partial charge < -0.3 is 15.2 Å². The summed E-state index contributed by atoms with van der Waals surface area (Å²) in [5, 5.41) is 23.7. The first-order chi connectivity index (χ1) is 15.3. The van der Waals surface area contributed by atoms with E-state index in [1.807, 2.05) is 4.72 Å². The van der Waals surface area contributed by atoms with Gasteiger partial charge in [-0.15, -0.1) is 0 Å². The van der Waals surface area contributed by atoms with Gasteiger partial charge in [0, 0.05) is 11.1 Å². The maximum atomic E-state index is 12.5. The smallest absolute Gasteiger partial charge is 0.327 e. The molecule has 0 spiro atoms. The van der Waals surface area contributed by atoms with Crippen molar-refractivity contribution in [3.05, 3.63) is 62.7 Å². The summed E-state index contributed by atoms with van der Waals surface area (Å²) in [5.41, 5.74) is 0.924. The Morgan fingerprint density at radius 1 is 1.18 bits per heavy atom. The van der Waals surface area contributed by atoms with Crippen LogP contribution in [0.1, 0.15) is 18.1 Å². The number of halogens is 1. The lowest BCUT2D eigenvalue weighted by Gasteiger charge is -2.20. The Morgan fingerprint density at radius 2 is 1.76 bits per heavy atom. The molecule has 0 aliphatic carbocycles. The van der Waals surface area contributed by atoms with Gasteiger partial charge >= 0.3 is 5.97 Å². The molecule has 0 aliphatic rings. The molecule has 2 rings (SSSR count). The van der Waals surface area contributed by atoms with E-state index in [2.05, 4.69) is 5.32 Å². The van der Waals surface area contributed by atoms with E-state index in [1.54, 1.807) is 13.8 Å². The molecule has 0 aliphatic heterocycles. The van der Waals surface area contributed by atoms with Crippen LogP contribution in [-0.4, -0.2) is 49.1 Å². The molecule has 0 aromatic heterocycles. The third kappa shape index (κ3) is 6.96. The minimum atomic E-state index is -4.22. The molecule has 0 bridgehead atoms. The monoisotopic (exact) mass is 499 g/mol. The Kier molecular flexibility index (Phi) is 8.50. The molecule has 13 heteroatoms. The van der Waals surface area contributed by atoms with Gasteiger partial charge in [0.15, 0.2) is 6.61 Å². The Bertz CT molecular complexity index is 1170. The number of anilines is 1. The third-order valence-electron chi connectivity index (χ3n) is 4.57. The van der Waals surface area contributed by atoms with Crippen molar-refractivity contribution in [2.45, 2.75) is 37.8 Å². The van der Waals surface area contributed by atoms with Gasteiger partial charge in [0.25, 0.3) is 11.6 Å². The van der Waals surface area contributed by atoms with E-state index in [4.69, 9.17) is 16.3 Å². The number of aryl methyl sites for hydroxylation is 2. The topological polar surface area (TPSA) is 165 Å². The molecule has 0 radical (unpaired) electrons. The number of benzene rings is 2. The summed E-state index contributed by atoms with van der Waals surface area (Å²) >= 11 is 5.74.